The van der Waals surface area contributed by atoms with E-state index in [-0.39, 0.29) is 11.7 Å². The Kier molecular flexibility index (Phi) is 7.16. The average Bonchev–Trinajstić information content (AvgIpc) is 2.62. The van der Waals surface area contributed by atoms with Crippen molar-refractivity contribution in [2.45, 2.75) is 20.0 Å². The number of amides is 1. The summed E-state index contributed by atoms with van der Waals surface area (Å²) in [5.74, 6) is -1.24. The molecule has 0 radical (unpaired) electrons. The van der Waals surface area contributed by atoms with E-state index in [1.807, 2.05) is 0 Å². The molecule has 7 heteroatoms. The second kappa shape index (κ2) is 9.35. The number of Topliss-reactive ketones (excluding diaryl/α,β-unsaturated/α-hetero) is 1. The number of anilines is 1. The van der Waals surface area contributed by atoms with Gasteiger partial charge in [-0.05, 0) is 48.9 Å². The third-order valence-corrected chi connectivity index (χ3v) is 4.37. The van der Waals surface area contributed by atoms with Gasteiger partial charge in [-0.25, -0.2) is 4.79 Å². The Morgan fingerprint density at radius 1 is 1.07 bits per heavy atom. The number of rotatable bonds is 6. The number of carbonyl (C=O) groups is 3. The predicted octanol–water partition coefficient (Wildman–Crippen LogP) is 4.78. The van der Waals surface area contributed by atoms with Crippen LogP contribution in [0.5, 0.6) is 0 Å². The Morgan fingerprint density at radius 3 is 2.37 bits per heavy atom. The van der Waals surface area contributed by atoms with Gasteiger partial charge in [-0.3, -0.25) is 9.59 Å². The van der Waals surface area contributed by atoms with Crippen LogP contribution >= 0.6 is 23.2 Å². The molecule has 5 nitrogen and oxygen atoms in total. The van der Waals surface area contributed by atoms with Crippen LogP contribution in [0.4, 0.5) is 5.69 Å². The van der Waals surface area contributed by atoms with Gasteiger partial charge in [0, 0.05) is 24.3 Å². The quantitative estimate of drug-likeness (QED) is 0.426. The van der Waals surface area contributed by atoms with Gasteiger partial charge in [0.2, 0.25) is 11.7 Å². The van der Waals surface area contributed by atoms with Gasteiger partial charge in [-0.15, -0.1) is 0 Å². The van der Waals surface area contributed by atoms with E-state index in [0.717, 1.165) is 0 Å². The molecule has 1 N–H and O–H groups in total. The van der Waals surface area contributed by atoms with E-state index < -0.39 is 12.1 Å². The van der Waals surface area contributed by atoms with Crippen LogP contribution in [0.2, 0.25) is 10.0 Å². The molecule has 0 saturated heterocycles. The van der Waals surface area contributed by atoms with E-state index in [0.29, 0.717) is 26.9 Å². The molecule has 2 aromatic carbocycles. The van der Waals surface area contributed by atoms with Crippen LogP contribution < -0.4 is 5.32 Å². The monoisotopic (exact) mass is 405 g/mol. The molecule has 0 heterocycles. The normalized spacial score (nSPS) is 11.9. The van der Waals surface area contributed by atoms with E-state index >= 15 is 0 Å². The van der Waals surface area contributed by atoms with Crippen molar-refractivity contribution in [2.24, 2.45) is 0 Å². The lowest BCUT2D eigenvalue weighted by Crippen LogP contribution is -2.23. The molecule has 0 fully saturated rings. The molecule has 27 heavy (non-hydrogen) atoms. The molecular formula is C20H17Cl2NO4. The number of ether oxygens (including phenoxy) is 1. The fourth-order valence-electron chi connectivity index (χ4n) is 2.23. The van der Waals surface area contributed by atoms with Crippen molar-refractivity contribution >= 4 is 52.6 Å². The molecule has 1 atom stereocenters. The molecule has 2 rings (SSSR count). The summed E-state index contributed by atoms with van der Waals surface area (Å²) < 4.78 is 5.13. The maximum Gasteiger partial charge on any atom is 0.331 e. The third kappa shape index (κ3) is 5.94. The van der Waals surface area contributed by atoms with Gasteiger partial charge in [0.15, 0.2) is 6.10 Å². The number of benzene rings is 2. The zero-order valence-corrected chi connectivity index (χ0v) is 16.2. The van der Waals surface area contributed by atoms with Crippen molar-refractivity contribution in [3.05, 3.63) is 69.7 Å². The van der Waals surface area contributed by atoms with Crippen molar-refractivity contribution in [1.29, 1.82) is 0 Å². The lowest BCUT2D eigenvalue weighted by molar-refractivity contribution is -0.140. The Hall–Kier alpha value is -2.63. The van der Waals surface area contributed by atoms with Gasteiger partial charge < -0.3 is 10.1 Å². The van der Waals surface area contributed by atoms with Crippen LogP contribution in [0.1, 0.15) is 29.8 Å². The van der Waals surface area contributed by atoms with Gasteiger partial charge in [0.1, 0.15) is 0 Å². The van der Waals surface area contributed by atoms with E-state index in [1.165, 1.54) is 26.0 Å². The second-order valence-electron chi connectivity index (χ2n) is 5.68. The van der Waals surface area contributed by atoms with Crippen molar-refractivity contribution in [2.75, 3.05) is 5.32 Å². The van der Waals surface area contributed by atoms with E-state index in [4.69, 9.17) is 27.9 Å². The highest BCUT2D eigenvalue weighted by atomic mass is 35.5. The molecule has 0 aromatic heterocycles. The van der Waals surface area contributed by atoms with Gasteiger partial charge in [0.25, 0.3) is 0 Å². The van der Waals surface area contributed by atoms with Crippen LogP contribution in [-0.2, 0) is 14.3 Å². The minimum absolute atomic E-state index is 0.206. The van der Waals surface area contributed by atoms with Gasteiger partial charge >= 0.3 is 5.97 Å². The third-order valence-electron chi connectivity index (χ3n) is 3.53. The van der Waals surface area contributed by atoms with Crippen LogP contribution in [-0.4, -0.2) is 23.8 Å². The number of ketones is 1. The molecule has 140 valence electrons. The highest BCUT2D eigenvalue weighted by Gasteiger charge is 2.18. The lowest BCUT2D eigenvalue weighted by Gasteiger charge is -2.11. The Morgan fingerprint density at radius 2 is 1.74 bits per heavy atom. The van der Waals surface area contributed by atoms with Crippen molar-refractivity contribution in [3.8, 4) is 0 Å². The number of carbonyl (C=O) groups excluding carboxylic acids is 3. The van der Waals surface area contributed by atoms with Crippen LogP contribution in [0.3, 0.4) is 0 Å². The summed E-state index contributed by atoms with van der Waals surface area (Å²) in [4.78, 5) is 35.3. The van der Waals surface area contributed by atoms with E-state index in [9.17, 15) is 14.4 Å². The first-order chi connectivity index (χ1) is 12.8. The molecule has 0 aliphatic heterocycles. The van der Waals surface area contributed by atoms with Crippen LogP contribution in [0.15, 0.2) is 48.5 Å². The first-order valence-corrected chi connectivity index (χ1v) is 8.78. The van der Waals surface area contributed by atoms with Crippen molar-refractivity contribution in [3.63, 3.8) is 0 Å². The number of nitrogens with one attached hydrogen (secondary N) is 1. The molecule has 1 unspecified atom stereocenters. The van der Waals surface area contributed by atoms with Crippen molar-refractivity contribution < 1.29 is 19.1 Å². The van der Waals surface area contributed by atoms with Gasteiger partial charge in [0.05, 0.1) is 10.0 Å². The van der Waals surface area contributed by atoms with E-state index in [1.54, 1.807) is 42.5 Å². The summed E-state index contributed by atoms with van der Waals surface area (Å²) in [6.07, 6.45) is 1.68. The highest BCUT2D eigenvalue weighted by molar-refractivity contribution is 6.42. The minimum atomic E-state index is -0.969. The maximum absolute atomic E-state index is 12.4. The summed E-state index contributed by atoms with van der Waals surface area (Å²) in [6, 6.07) is 11.4. The standard InChI is InChI=1S/C20H17Cl2NO4/c1-12(20(26)15-6-9-16(10-7-15)23-13(2)24)27-18(25)11-8-14-4-3-5-17(21)19(14)22/h3-12H,1-2H3,(H,23,24)/b11-8+. The molecule has 0 aliphatic carbocycles. The smallest absolute Gasteiger partial charge is 0.331 e. The fourth-order valence-corrected chi connectivity index (χ4v) is 2.60. The predicted molar refractivity (Wildman–Crippen MR) is 106 cm³/mol. The fraction of sp³-hybridized carbons (Fsp3) is 0.150. The molecule has 1 amide bonds. The zero-order chi connectivity index (χ0) is 20.0. The first kappa shape index (κ1) is 20.7. The van der Waals surface area contributed by atoms with Crippen molar-refractivity contribution in [1.82, 2.24) is 0 Å². The van der Waals surface area contributed by atoms with Gasteiger partial charge in [-0.1, -0.05) is 35.3 Å². The maximum atomic E-state index is 12.4. The Labute approximate surface area is 166 Å². The molecule has 0 bridgehead atoms. The first-order valence-electron chi connectivity index (χ1n) is 8.02. The summed E-state index contributed by atoms with van der Waals surface area (Å²) in [5.41, 5.74) is 1.50. The Bertz CT molecular complexity index is 891. The van der Waals surface area contributed by atoms with Gasteiger partial charge in [-0.2, -0.15) is 0 Å². The highest BCUT2D eigenvalue weighted by Crippen LogP contribution is 2.26. The molecule has 2 aromatic rings. The zero-order valence-electron chi connectivity index (χ0n) is 14.7. The average molecular weight is 406 g/mol. The molecule has 0 saturated carbocycles. The summed E-state index contributed by atoms with van der Waals surface area (Å²) in [7, 11) is 0. The lowest BCUT2D eigenvalue weighted by atomic mass is 10.1. The summed E-state index contributed by atoms with van der Waals surface area (Å²) >= 11 is 12.0. The number of halogens is 2. The largest absolute Gasteiger partial charge is 0.451 e. The number of hydrogen-bond donors (Lipinski definition) is 1. The summed E-state index contributed by atoms with van der Waals surface area (Å²) in [5, 5.41) is 3.31. The number of esters is 1. The van der Waals surface area contributed by atoms with Crippen LogP contribution in [0, 0.1) is 0 Å². The number of hydrogen-bond acceptors (Lipinski definition) is 4. The molecule has 0 spiro atoms. The Balaban J connectivity index is 1.99. The topological polar surface area (TPSA) is 72.5 Å². The minimum Gasteiger partial charge on any atom is -0.451 e. The SMILES string of the molecule is CC(=O)Nc1ccc(C(=O)C(C)OC(=O)/C=C/c2cccc(Cl)c2Cl)cc1. The van der Waals surface area contributed by atoms with E-state index in [2.05, 4.69) is 5.32 Å². The molecule has 0 aliphatic rings. The second-order valence-corrected chi connectivity index (χ2v) is 6.46. The summed E-state index contributed by atoms with van der Waals surface area (Å²) in [6.45, 7) is 2.88. The van der Waals surface area contributed by atoms with Crippen LogP contribution in [0.25, 0.3) is 6.08 Å². The molecular weight excluding hydrogens is 389 g/mol.